The van der Waals surface area contributed by atoms with Gasteiger partial charge < -0.3 is 5.73 Å². The van der Waals surface area contributed by atoms with Gasteiger partial charge in [0.15, 0.2) is 0 Å². The highest BCUT2D eigenvalue weighted by molar-refractivity contribution is 6.33. The van der Waals surface area contributed by atoms with Gasteiger partial charge in [0.1, 0.15) is 0 Å². The fraction of sp³-hybridized carbons (Fsp3) is 0.267. The molecule has 1 aromatic carbocycles. The maximum Gasteiger partial charge on any atom is 0.0439 e. The second-order valence-corrected chi connectivity index (χ2v) is 5.44. The molecule has 0 fully saturated rings. The average molecular weight is 295 g/mol. The summed E-state index contributed by atoms with van der Waals surface area (Å²) in [5, 5.41) is 1.42. The summed E-state index contributed by atoms with van der Waals surface area (Å²) in [4.78, 5) is 4.00. The predicted molar refractivity (Wildman–Crippen MR) is 80.7 cm³/mol. The highest BCUT2D eigenvalue weighted by Crippen LogP contribution is 2.22. The van der Waals surface area contributed by atoms with Crippen LogP contribution < -0.4 is 5.73 Å². The maximum atomic E-state index is 6.16. The molecule has 4 heteroatoms. The molecule has 2 N–H and O–H groups in total. The summed E-state index contributed by atoms with van der Waals surface area (Å²) in [5.41, 5.74) is 8.42. The van der Waals surface area contributed by atoms with E-state index in [0.717, 1.165) is 29.8 Å². The minimum atomic E-state index is 0.0733. The van der Waals surface area contributed by atoms with Gasteiger partial charge in [-0.05, 0) is 60.7 Å². The highest BCUT2D eigenvalue weighted by Gasteiger charge is 2.08. The number of hydrogen-bond acceptors (Lipinski definition) is 2. The molecule has 100 valence electrons. The molecular formula is C15H16Cl2N2. The molecule has 2 aromatic rings. The number of aromatic nitrogens is 1. The predicted octanol–water partition coefficient (Wildman–Crippen LogP) is 3.89. The molecule has 0 saturated carbocycles. The zero-order chi connectivity index (χ0) is 13.7. The molecule has 0 amide bonds. The molecule has 1 atom stereocenters. The first kappa shape index (κ1) is 14.3. The van der Waals surface area contributed by atoms with Crippen molar-refractivity contribution in [2.75, 3.05) is 0 Å². The Morgan fingerprint density at radius 1 is 1.11 bits per heavy atom. The summed E-state index contributed by atoms with van der Waals surface area (Å²) in [5.74, 6) is 0. The van der Waals surface area contributed by atoms with Gasteiger partial charge in [-0.1, -0.05) is 23.2 Å². The van der Waals surface area contributed by atoms with E-state index in [-0.39, 0.29) is 6.04 Å². The van der Waals surface area contributed by atoms with Gasteiger partial charge in [0.25, 0.3) is 0 Å². The molecule has 2 rings (SSSR count). The maximum absolute atomic E-state index is 6.16. The summed E-state index contributed by atoms with van der Waals surface area (Å²) >= 11 is 12.1. The number of benzene rings is 1. The fourth-order valence-corrected chi connectivity index (χ4v) is 2.38. The summed E-state index contributed by atoms with van der Waals surface area (Å²) in [6.45, 7) is 0. The van der Waals surface area contributed by atoms with Crippen LogP contribution in [0.4, 0.5) is 0 Å². The normalized spacial score (nSPS) is 12.4. The number of pyridine rings is 1. The molecule has 2 nitrogen and oxygen atoms in total. The van der Waals surface area contributed by atoms with E-state index in [1.807, 2.05) is 24.3 Å². The monoisotopic (exact) mass is 294 g/mol. The van der Waals surface area contributed by atoms with E-state index in [2.05, 4.69) is 4.98 Å². The van der Waals surface area contributed by atoms with Crippen LogP contribution in [-0.4, -0.2) is 11.0 Å². The number of nitrogens with two attached hydrogens (primary N) is 1. The summed E-state index contributed by atoms with van der Waals surface area (Å²) < 4.78 is 0. The molecule has 0 aliphatic rings. The number of nitrogens with zero attached hydrogens (tertiary/aromatic N) is 1. The van der Waals surface area contributed by atoms with Gasteiger partial charge in [0.2, 0.25) is 0 Å². The van der Waals surface area contributed by atoms with Crippen LogP contribution in [0.3, 0.4) is 0 Å². The number of halogens is 2. The van der Waals surface area contributed by atoms with Gasteiger partial charge in [0.05, 0.1) is 0 Å². The van der Waals surface area contributed by atoms with E-state index in [0.29, 0.717) is 5.02 Å². The van der Waals surface area contributed by atoms with Crippen molar-refractivity contribution in [2.24, 2.45) is 5.73 Å². The largest absolute Gasteiger partial charge is 0.327 e. The standard InChI is InChI=1S/C15H16Cl2N2/c16-13-2-4-15(17)12(9-13)10-14(18)3-1-11-5-7-19-8-6-11/h2,4-9,14H,1,3,10,18H2. The Morgan fingerprint density at radius 2 is 1.84 bits per heavy atom. The molecule has 0 saturated heterocycles. The van der Waals surface area contributed by atoms with Crippen LogP contribution in [0.25, 0.3) is 0 Å². The Hall–Kier alpha value is -1.09. The van der Waals surface area contributed by atoms with Gasteiger partial charge in [-0.25, -0.2) is 0 Å². The molecule has 1 unspecified atom stereocenters. The zero-order valence-electron chi connectivity index (χ0n) is 10.5. The van der Waals surface area contributed by atoms with Gasteiger partial charge in [-0.15, -0.1) is 0 Å². The van der Waals surface area contributed by atoms with Crippen molar-refractivity contribution < 1.29 is 0 Å². The fourth-order valence-electron chi connectivity index (χ4n) is 1.99. The summed E-state index contributed by atoms with van der Waals surface area (Å²) in [6, 6.07) is 9.59. The van der Waals surface area contributed by atoms with Gasteiger partial charge >= 0.3 is 0 Å². The van der Waals surface area contributed by atoms with Crippen molar-refractivity contribution in [3.63, 3.8) is 0 Å². The first-order valence-electron chi connectivity index (χ1n) is 6.23. The number of hydrogen-bond donors (Lipinski definition) is 1. The van der Waals surface area contributed by atoms with Crippen LogP contribution in [0.15, 0.2) is 42.7 Å². The lowest BCUT2D eigenvalue weighted by molar-refractivity contribution is 0.610. The van der Waals surface area contributed by atoms with Gasteiger partial charge in [0, 0.05) is 28.5 Å². The Labute approximate surface area is 123 Å². The third kappa shape index (κ3) is 4.50. The Morgan fingerprint density at radius 3 is 2.58 bits per heavy atom. The average Bonchev–Trinajstić information content (AvgIpc) is 2.42. The first-order valence-corrected chi connectivity index (χ1v) is 6.99. The van der Waals surface area contributed by atoms with Crippen molar-refractivity contribution in [3.05, 3.63) is 63.9 Å². The highest BCUT2D eigenvalue weighted by atomic mass is 35.5. The second kappa shape index (κ2) is 6.90. The molecule has 0 aliphatic heterocycles. The summed E-state index contributed by atoms with van der Waals surface area (Å²) in [6.07, 6.45) is 6.20. The third-order valence-electron chi connectivity index (χ3n) is 3.04. The second-order valence-electron chi connectivity index (χ2n) is 4.59. The topological polar surface area (TPSA) is 38.9 Å². The van der Waals surface area contributed by atoms with E-state index in [1.165, 1.54) is 5.56 Å². The van der Waals surface area contributed by atoms with Gasteiger partial charge in [-0.3, -0.25) is 4.98 Å². The minimum Gasteiger partial charge on any atom is -0.327 e. The van der Waals surface area contributed by atoms with Crippen LogP contribution in [0.5, 0.6) is 0 Å². The SMILES string of the molecule is NC(CCc1ccncc1)Cc1cc(Cl)ccc1Cl. The van der Waals surface area contributed by atoms with Crippen LogP contribution in [-0.2, 0) is 12.8 Å². The van der Waals surface area contributed by atoms with E-state index in [1.54, 1.807) is 18.5 Å². The Balaban J connectivity index is 1.90. The van der Waals surface area contributed by atoms with E-state index in [4.69, 9.17) is 28.9 Å². The Bertz CT molecular complexity index is 529. The number of rotatable bonds is 5. The molecule has 1 aromatic heterocycles. The van der Waals surface area contributed by atoms with E-state index in [9.17, 15) is 0 Å². The Kier molecular flexibility index (Phi) is 5.20. The van der Waals surface area contributed by atoms with E-state index < -0.39 is 0 Å². The van der Waals surface area contributed by atoms with Crippen molar-refractivity contribution in [1.82, 2.24) is 4.98 Å². The molecule has 19 heavy (non-hydrogen) atoms. The molecule has 0 radical (unpaired) electrons. The number of aryl methyl sites for hydroxylation is 1. The lowest BCUT2D eigenvalue weighted by Crippen LogP contribution is -2.23. The molecule has 1 heterocycles. The molecule has 0 spiro atoms. The van der Waals surface area contributed by atoms with Crippen molar-refractivity contribution in [3.8, 4) is 0 Å². The smallest absolute Gasteiger partial charge is 0.0439 e. The molecular weight excluding hydrogens is 279 g/mol. The molecule has 0 bridgehead atoms. The third-order valence-corrected chi connectivity index (χ3v) is 3.65. The van der Waals surface area contributed by atoms with E-state index >= 15 is 0 Å². The minimum absolute atomic E-state index is 0.0733. The zero-order valence-corrected chi connectivity index (χ0v) is 12.0. The van der Waals surface area contributed by atoms with Crippen LogP contribution >= 0.6 is 23.2 Å². The quantitative estimate of drug-likeness (QED) is 0.908. The van der Waals surface area contributed by atoms with Gasteiger partial charge in [-0.2, -0.15) is 0 Å². The lowest BCUT2D eigenvalue weighted by Gasteiger charge is -2.13. The van der Waals surface area contributed by atoms with Crippen LogP contribution in [0.2, 0.25) is 10.0 Å². The first-order chi connectivity index (χ1) is 9.15. The summed E-state index contributed by atoms with van der Waals surface area (Å²) in [7, 11) is 0. The van der Waals surface area contributed by atoms with Crippen molar-refractivity contribution in [1.29, 1.82) is 0 Å². The lowest BCUT2D eigenvalue weighted by atomic mass is 10.0. The van der Waals surface area contributed by atoms with Crippen LogP contribution in [0.1, 0.15) is 17.5 Å². The van der Waals surface area contributed by atoms with Crippen molar-refractivity contribution >= 4 is 23.2 Å². The van der Waals surface area contributed by atoms with Crippen molar-refractivity contribution in [2.45, 2.75) is 25.3 Å². The molecule has 0 aliphatic carbocycles. The van der Waals surface area contributed by atoms with Crippen LogP contribution in [0, 0.1) is 0 Å².